The monoisotopic (exact) mass is 259 g/mol. The topological polar surface area (TPSA) is 53.1 Å². The first kappa shape index (κ1) is 14.1. The molecule has 2 rings (SSSR count). The number of benzene rings is 1. The minimum Gasteiger partial charge on any atom is -0.384 e. The van der Waals surface area contributed by atoms with Crippen molar-refractivity contribution in [2.24, 2.45) is 11.7 Å². The van der Waals surface area contributed by atoms with E-state index in [1.165, 1.54) is 30.5 Å². The predicted molar refractivity (Wildman–Crippen MR) is 80.5 cm³/mol. The van der Waals surface area contributed by atoms with Gasteiger partial charge in [0.05, 0.1) is 0 Å². The summed E-state index contributed by atoms with van der Waals surface area (Å²) in [5, 5.41) is 7.48. The second-order valence-electron chi connectivity index (χ2n) is 6.02. The van der Waals surface area contributed by atoms with E-state index in [0.717, 1.165) is 18.0 Å². The van der Waals surface area contributed by atoms with Crippen molar-refractivity contribution in [1.29, 1.82) is 5.41 Å². The number of hydrogen-bond acceptors (Lipinski definition) is 2. The molecule has 0 amide bonds. The molecule has 0 aromatic heterocycles. The highest BCUT2D eigenvalue weighted by Gasteiger charge is 2.23. The fourth-order valence-corrected chi connectivity index (χ4v) is 2.86. The third-order valence-corrected chi connectivity index (χ3v) is 4.27. The standard InChI is InChI=1S/C16H25N3/c1-11-4-5-13(3)19(9-11)10-15-7-6-14(16(17)18)8-12(15)2/h6-8,11,13H,4-5,9-10H2,1-3H3,(H3,17,18). The van der Waals surface area contributed by atoms with Gasteiger partial charge in [-0.1, -0.05) is 19.1 Å². The van der Waals surface area contributed by atoms with Gasteiger partial charge in [0, 0.05) is 24.7 Å². The molecule has 0 spiro atoms. The maximum absolute atomic E-state index is 7.48. The van der Waals surface area contributed by atoms with Crippen molar-refractivity contribution < 1.29 is 0 Å². The number of hydrogen-bond donors (Lipinski definition) is 2. The van der Waals surface area contributed by atoms with Gasteiger partial charge in [0.2, 0.25) is 0 Å². The van der Waals surface area contributed by atoms with E-state index in [-0.39, 0.29) is 5.84 Å². The summed E-state index contributed by atoms with van der Waals surface area (Å²) in [5.41, 5.74) is 8.94. The third kappa shape index (κ3) is 3.35. The van der Waals surface area contributed by atoms with Crippen LogP contribution < -0.4 is 5.73 Å². The number of amidine groups is 1. The Morgan fingerprint density at radius 2 is 2.11 bits per heavy atom. The van der Waals surface area contributed by atoms with Crippen molar-refractivity contribution >= 4 is 5.84 Å². The number of nitrogens with two attached hydrogens (primary N) is 1. The molecule has 19 heavy (non-hydrogen) atoms. The molecule has 0 saturated carbocycles. The van der Waals surface area contributed by atoms with Crippen LogP contribution >= 0.6 is 0 Å². The van der Waals surface area contributed by atoms with E-state index in [1.807, 2.05) is 12.1 Å². The quantitative estimate of drug-likeness (QED) is 0.648. The van der Waals surface area contributed by atoms with Crippen LogP contribution in [0.5, 0.6) is 0 Å². The van der Waals surface area contributed by atoms with Gasteiger partial charge in [-0.15, -0.1) is 0 Å². The Hall–Kier alpha value is -1.35. The highest BCUT2D eigenvalue weighted by molar-refractivity contribution is 5.95. The Kier molecular flexibility index (Phi) is 4.25. The van der Waals surface area contributed by atoms with Crippen LogP contribution in [0.3, 0.4) is 0 Å². The lowest BCUT2D eigenvalue weighted by Gasteiger charge is -2.37. The lowest BCUT2D eigenvalue weighted by Crippen LogP contribution is -2.40. The SMILES string of the molecule is Cc1cc(C(=N)N)ccc1CN1CC(C)CCC1C. The van der Waals surface area contributed by atoms with Crippen molar-refractivity contribution in [2.75, 3.05) is 6.54 Å². The summed E-state index contributed by atoms with van der Waals surface area (Å²) in [6.45, 7) is 8.97. The van der Waals surface area contributed by atoms with Crippen molar-refractivity contribution in [3.63, 3.8) is 0 Å². The average Bonchev–Trinajstić information content (AvgIpc) is 2.36. The Labute approximate surface area is 116 Å². The van der Waals surface area contributed by atoms with Crippen LogP contribution in [0, 0.1) is 18.3 Å². The van der Waals surface area contributed by atoms with Crippen LogP contribution in [-0.2, 0) is 6.54 Å². The molecule has 1 aromatic rings. The van der Waals surface area contributed by atoms with Crippen molar-refractivity contribution in [3.8, 4) is 0 Å². The molecule has 3 heteroatoms. The highest BCUT2D eigenvalue weighted by Crippen LogP contribution is 2.24. The maximum atomic E-state index is 7.48. The summed E-state index contributed by atoms with van der Waals surface area (Å²) in [6, 6.07) is 6.78. The Balaban J connectivity index is 2.12. The molecule has 1 fully saturated rings. The molecule has 1 heterocycles. The zero-order valence-corrected chi connectivity index (χ0v) is 12.2. The molecule has 2 atom stereocenters. The number of nitrogens with zero attached hydrogens (tertiary/aromatic N) is 1. The number of aryl methyl sites for hydroxylation is 1. The Bertz CT molecular complexity index is 467. The molecule has 3 N–H and O–H groups in total. The maximum Gasteiger partial charge on any atom is 0.122 e. The van der Waals surface area contributed by atoms with E-state index in [9.17, 15) is 0 Å². The summed E-state index contributed by atoms with van der Waals surface area (Å²) < 4.78 is 0. The molecule has 2 unspecified atom stereocenters. The van der Waals surface area contributed by atoms with Crippen LogP contribution in [0.15, 0.2) is 18.2 Å². The molecule has 1 aliphatic heterocycles. The summed E-state index contributed by atoms with van der Waals surface area (Å²) in [7, 11) is 0. The normalized spacial score (nSPS) is 24.4. The lowest BCUT2D eigenvalue weighted by atomic mass is 9.94. The van der Waals surface area contributed by atoms with Gasteiger partial charge in [-0.25, -0.2) is 0 Å². The second-order valence-corrected chi connectivity index (χ2v) is 6.02. The van der Waals surface area contributed by atoms with Crippen LogP contribution in [0.25, 0.3) is 0 Å². The molecule has 3 nitrogen and oxygen atoms in total. The molecule has 0 radical (unpaired) electrons. The summed E-state index contributed by atoms with van der Waals surface area (Å²) >= 11 is 0. The summed E-state index contributed by atoms with van der Waals surface area (Å²) in [6.07, 6.45) is 2.64. The lowest BCUT2D eigenvalue weighted by molar-refractivity contribution is 0.117. The first-order chi connectivity index (χ1) is 8.97. The van der Waals surface area contributed by atoms with Gasteiger partial charge in [-0.05, 0) is 49.8 Å². The van der Waals surface area contributed by atoms with Gasteiger partial charge in [0.15, 0.2) is 0 Å². The average molecular weight is 259 g/mol. The van der Waals surface area contributed by atoms with E-state index >= 15 is 0 Å². The van der Waals surface area contributed by atoms with Gasteiger partial charge in [0.1, 0.15) is 5.84 Å². The summed E-state index contributed by atoms with van der Waals surface area (Å²) in [4.78, 5) is 2.57. The van der Waals surface area contributed by atoms with Crippen LogP contribution in [0.2, 0.25) is 0 Å². The number of nitrogen functional groups attached to an aromatic ring is 1. The largest absolute Gasteiger partial charge is 0.384 e. The number of rotatable bonds is 3. The van der Waals surface area contributed by atoms with E-state index in [1.54, 1.807) is 0 Å². The van der Waals surface area contributed by atoms with Crippen molar-refractivity contribution in [3.05, 3.63) is 34.9 Å². The van der Waals surface area contributed by atoms with E-state index < -0.39 is 0 Å². The van der Waals surface area contributed by atoms with Gasteiger partial charge in [0.25, 0.3) is 0 Å². The van der Waals surface area contributed by atoms with Gasteiger partial charge in [-0.2, -0.15) is 0 Å². The van der Waals surface area contributed by atoms with Crippen LogP contribution in [0.1, 0.15) is 43.4 Å². The van der Waals surface area contributed by atoms with E-state index in [0.29, 0.717) is 6.04 Å². The molecule has 0 aliphatic carbocycles. The van der Waals surface area contributed by atoms with E-state index in [2.05, 4.69) is 31.7 Å². The van der Waals surface area contributed by atoms with Gasteiger partial charge < -0.3 is 5.73 Å². The Morgan fingerprint density at radius 1 is 1.37 bits per heavy atom. The molecular formula is C16H25N3. The third-order valence-electron chi connectivity index (χ3n) is 4.27. The molecule has 1 aliphatic rings. The molecule has 0 bridgehead atoms. The second kappa shape index (κ2) is 5.74. The number of piperidine rings is 1. The number of likely N-dealkylation sites (tertiary alicyclic amines) is 1. The highest BCUT2D eigenvalue weighted by atomic mass is 15.2. The fraction of sp³-hybridized carbons (Fsp3) is 0.562. The summed E-state index contributed by atoms with van der Waals surface area (Å²) in [5.74, 6) is 0.947. The zero-order chi connectivity index (χ0) is 14.0. The van der Waals surface area contributed by atoms with Crippen LogP contribution in [-0.4, -0.2) is 23.3 Å². The predicted octanol–water partition coefficient (Wildman–Crippen LogP) is 2.90. The van der Waals surface area contributed by atoms with Crippen LogP contribution in [0.4, 0.5) is 0 Å². The Morgan fingerprint density at radius 3 is 2.74 bits per heavy atom. The van der Waals surface area contributed by atoms with Crippen molar-refractivity contribution in [1.82, 2.24) is 4.90 Å². The molecule has 1 saturated heterocycles. The first-order valence-electron chi connectivity index (χ1n) is 7.15. The molecular weight excluding hydrogens is 234 g/mol. The molecule has 1 aromatic carbocycles. The minimum absolute atomic E-state index is 0.148. The van der Waals surface area contributed by atoms with Gasteiger partial charge in [-0.3, -0.25) is 10.3 Å². The minimum atomic E-state index is 0.148. The molecule has 104 valence electrons. The van der Waals surface area contributed by atoms with Crippen molar-refractivity contribution in [2.45, 2.75) is 46.2 Å². The fourth-order valence-electron chi connectivity index (χ4n) is 2.86. The smallest absolute Gasteiger partial charge is 0.122 e. The first-order valence-corrected chi connectivity index (χ1v) is 7.15. The van der Waals surface area contributed by atoms with Gasteiger partial charge >= 0.3 is 0 Å². The van der Waals surface area contributed by atoms with E-state index in [4.69, 9.17) is 11.1 Å². The zero-order valence-electron chi connectivity index (χ0n) is 12.2. The number of nitrogens with one attached hydrogen (secondary N) is 1.